The van der Waals surface area contributed by atoms with E-state index in [4.69, 9.17) is 19.7 Å². The molecule has 0 spiro atoms. The summed E-state index contributed by atoms with van der Waals surface area (Å²) in [5, 5.41) is 2.89. The minimum Gasteiger partial charge on any atom is -0.383 e. The molecule has 3 aliphatic rings. The molecule has 0 saturated carbocycles. The number of methoxy groups -OCH3 is 1. The Bertz CT molecular complexity index is 664. The number of ether oxygens (including phenoxy) is 1. The van der Waals surface area contributed by atoms with Crippen LogP contribution in [-0.2, 0) is 9.53 Å². The van der Waals surface area contributed by atoms with Crippen LogP contribution in [0.25, 0.3) is 0 Å². The first-order chi connectivity index (χ1) is 14.7. The van der Waals surface area contributed by atoms with Crippen LogP contribution < -0.4 is 20.0 Å². The number of piperazine rings is 1. The fraction of sp³-hybridized carbons (Fsp3) is 0.800. The molecule has 0 radical (unpaired) electrons. The van der Waals surface area contributed by atoms with E-state index in [-0.39, 0.29) is 5.91 Å². The van der Waals surface area contributed by atoms with Gasteiger partial charge in [0.25, 0.3) is 0 Å². The highest BCUT2D eigenvalue weighted by atomic mass is 16.5. The van der Waals surface area contributed by atoms with Crippen molar-refractivity contribution in [2.45, 2.75) is 25.7 Å². The lowest BCUT2D eigenvalue weighted by molar-refractivity contribution is -0.122. The largest absolute Gasteiger partial charge is 0.383 e. The van der Waals surface area contributed by atoms with Gasteiger partial charge in [-0.25, -0.2) is 0 Å². The second-order valence-electron chi connectivity index (χ2n) is 8.23. The molecule has 0 atom stereocenters. The third-order valence-electron chi connectivity index (χ3n) is 6.03. The van der Waals surface area contributed by atoms with Gasteiger partial charge in [-0.1, -0.05) is 0 Å². The molecule has 0 aromatic carbocycles. The van der Waals surface area contributed by atoms with Crippen LogP contribution in [0.3, 0.4) is 0 Å². The highest BCUT2D eigenvalue weighted by molar-refractivity contribution is 5.78. The molecule has 3 fully saturated rings. The summed E-state index contributed by atoms with van der Waals surface area (Å²) in [6.45, 7) is 8.88. The van der Waals surface area contributed by atoms with E-state index in [0.717, 1.165) is 70.2 Å². The first-order valence-electron chi connectivity index (χ1n) is 11.2. The summed E-state index contributed by atoms with van der Waals surface area (Å²) in [5.74, 6) is 2.46. The van der Waals surface area contributed by atoms with E-state index in [1.807, 2.05) is 0 Å². The number of hydrogen-bond donors (Lipinski definition) is 1. The third kappa shape index (κ3) is 5.28. The van der Waals surface area contributed by atoms with Crippen LogP contribution in [0.1, 0.15) is 25.7 Å². The molecule has 3 aliphatic heterocycles. The molecule has 1 N–H and O–H groups in total. The lowest BCUT2D eigenvalue weighted by Crippen LogP contribution is -2.50. The maximum atomic E-state index is 12.1. The number of aromatic nitrogens is 3. The van der Waals surface area contributed by atoms with E-state index in [1.165, 1.54) is 25.7 Å². The molecular weight excluding hydrogens is 384 g/mol. The minimum absolute atomic E-state index is 0.0494. The van der Waals surface area contributed by atoms with E-state index >= 15 is 0 Å². The van der Waals surface area contributed by atoms with Crippen molar-refractivity contribution in [2.75, 3.05) is 93.9 Å². The van der Waals surface area contributed by atoms with E-state index in [0.29, 0.717) is 19.7 Å². The number of amides is 1. The molecule has 10 heteroatoms. The van der Waals surface area contributed by atoms with E-state index in [2.05, 4.69) is 24.9 Å². The zero-order valence-corrected chi connectivity index (χ0v) is 18.1. The lowest BCUT2D eigenvalue weighted by atomic mass is 10.3. The van der Waals surface area contributed by atoms with Gasteiger partial charge in [-0.15, -0.1) is 0 Å². The SMILES string of the molecule is COCCNC(=O)CN1CCN(c2nc(N3CCCC3)nc(N3CCCC3)n2)CC1. The lowest BCUT2D eigenvalue weighted by Gasteiger charge is -2.34. The summed E-state index contributed by atoms with van der Waals surface area (Å²) in [5.41, 5.74) is 0. The number of rotatable bonds is 8. The Labute approximate surface area is 178 Å². The summed E-state index contributed by atoms with van der Waals surface area (Å²) in [4.78, 5) is 35.5. The Morgan fingerprint density at radius 2 is 1.27 bits per heavy atom. The van der Waals surface area contributed by atoms with Crippen LogP contribution in [0.2, 0.25) is 0 Å². The van der Waals surface area contributed by atoms with Crippen molar-refractivity contribution in [3.63, 3.8) is 0 Å². The predicted molar refractivity (Wildman–Crippen MR) is 116 cm³/mol. The van der Waals surface area contributed by atoms with Crippen LogP contribution in [0.15, 0.2) is 0 Å². The van der Waals surface area contributed by atoms with Gasteiger partial charge in [-0.05, 0) is 25.7 Å². The van der Waals surface area contributed by atoms with Crippen molar-refractivity contribution in [3.05, 3.63) is 0 Å². The summed E-state index contributed by atoms with van der Waals surface area (Å²) >= 11 is 0. The average Bonchev–Trinajstić information content (AvgIpc) is 3.48. The van der Waals surface area contributed by atoms with Crippen molar-refractivity contribution in [1.29, 1.82) is 0 Å². The standard InChI is InChI=1S/C20H34N8O2/c1-30-15-6-21-17(29)16-25-11-13-28(14-12-25)20-23-18(26-7-2-3-8-26)22-19(24-20)27-9-4-5-10-27/h2-16H2,1H3,(H,21,29). The predicted octanol–water partition coefficient (Wildman–Crippen LogP) is -0.0434. The molecule has 4 heterocycles. The molecule has 1 aromatic heterocycles. The summed E-state index contributed by atoms with van der Waals surface area (Å²) in [6, 6.07) is 0. The number of nitrogens with zero attached hydrogens (tertiary/aromatic N) is 7. The second kappa shape index (κ2) is 10.2. The summed E-state index contributed by atoms with van der Waals surface area (Å²) < 4.78 is 4.98. The fourth-order valence-corrected chi connectivity index (χ4v) is 4.26. The van der Waals surface area contributed by atoms with Gasteiger partial charge in [0.15, 0.2) is 0 Å². The van der Waals surface area contributed by atoms with Crippen molar-refractivity contribution in [3.8, 4) is 0 Å². The summed E-state index contributed by atoms with van der Waals surface area (Å²) in [6.07, 6.45) is 4.80. The van der Waals surface area contributed by atoms with Gasteiger partial charge in [0, 0.05) is 66.0 Å². The highest BCUT2D eigenvalue weighted by Crippen LogP contribution is 2.24. The van der Waals surface area contributed by atoms with Crippen molar-refractivity contribution in [2.24, 2.45) is 0 Å². The van der Waals surface area contributed by atoms with Crippen LogP contribution in [-0.4, -0.2) is 105 Å². The Kier molecular flexibility index (Phi) is 7.16. The smallest absolute Gasteiger partial charge is 0.234 e. The maximum absolute atomic E-state index is 12.1. The second-order valence-corrected chi connectivity index (χ2v) is 8.23. The molecule has 10 nitrogen and oxygen atoms in total. The van der Waals surface area contributed by atoms with Crippen molar-refractivity contribution < 1.29 is 9.53 Å². The molecule has 0 unspecified atom stereocenters. The van der Waals surface area contributed by atoms with Gasteiger partial charge in [0.1, 0.15) is 0 Å². The van der Waals surface area contributed by atoms with Crippen LogP contribution in [0.4, 0.5) is 17.8 Å². The third-order valence-corrected chi connectivity index (χ3v) is 6.03. The Hall–Kier alpha value is -2.20. The number of anilines is 3. The number of carbonyl (C=O) groups excluding carboxylic acids is 1. The molecule has 1 amide bonds. The molecule has 30 heavy (non-hydrogen) atoms. The van der Waals surface area contributed by atoms with Gasteiger partial charge >= 0.3 is 0 Å². The number of nitrogens with one attached hydrogen (secondary N) is 1. The van der Waals surface area contributed by atoms with Crippen LogP contribution >= 0.6 is 0 Å². The minimum atomic E-state index is 0.0494. The number of carbonyl (C=O) groups is 1. The van der Waals surface area contributed by atoms with Gasteiger partial charge in [0.05, 0.1) is 13.2 Å². The Morgan fingerprint density at radius 1 is 0.800 bits per heavy atom. The monoisotopic (exact) mass is 418 g/mol. The highest BCUT2D eigenvalue weighted by Gasteiger charge is 2.25. The van der Waals surface area contributed by atoms with Gasteiger partial charge < -0.3 is 24.8 Å². The molecule has 1 aromatic rings. The maximum Gasteiger partial charge on any atom is 0.234 e. The van der Waals surface area contributed by atoms with Crippen molar-refractivity contribution >= 4 is 23.8 Å². The topological polar surface area (TPSA) is 90.0 Å². The van der Waals surface area contributed by atoms with E-state index in [1.54, 1.807) is 7.11 Å². The van der Waals surface area contributed by atoms with Gasteiger partial charge in [-0.3, -0.25) is 9.69 Å². The van der Waals surface area contributed by atoms with Crippen molar-refractivity contribution in [1.82, 2.24) is 25.2 Å². The van der Waals surface area contributed by atoms with Gasteiger partial charge in [-0.2, -0.15) is 15.0 Å². The van der Waals surface area contributed by atoms with E-state index in [9.17, 15) is 4.79 Å². The first-order valence-corrected chi connectivity index (χ1v) is 11.2. The van der Waals surface area contributed by atoms with E-state index < -0.39 is 0 Å². The first kappa shape index (κ1) is 21.0. The Balaban J connectivity index is 1.39. The molecular formula is C20H34N8O2. The zero-order valence-electron chi connectivity index (χ0n) is 18.1. The molecule has 3 saturated heterocycles. The number of hydrogen-bond acceptors (Lipinski definition) is 9. The average molecular weight is 419 g/mol. The summed E-state index contributed by atoms with van der Waals surface area (Å²) in [7, 11) is 1.64. The molecule has 166 valence electrons. The normalized spacial score (nSPS) is 20.2. The van der Waals surface area contributed by atoms with Gasteiger partial charge in [0.2, 0.25) is 23.8 Å². The van der Waals surface area contributed by atoms with Crippen LogP contribution in [0, 0.1) is 0 Å². The Morgan fingerprint density at radius 3 is 1.73 bits per heavy atom. The molecule has 0 aliphatic carbocycles. The quantitative estimate of drug-likeness (QED) is 0.584. The zero-order chi connectivity index (χ0) is 20.8. The molecule has 4 rings (SSSR count). The van der Waals surface area contributed by atoms with Crippen LogP contribution in [0.5, 0.6) is 0 Å². The molecule has 0 bridgehead atoms. The fourth-order valence-electron chi connectivity index (χ4n) is 4.26.